The van der Waals surface area contributed by atoms with Crippen LogP contribution in [0, 0.1) is 11.3 Å². The molecule has 1 rings (SSSR count). The standard InChI is InChI=1S/C10H8N2O2/c1-7(13)10(12-14)9-4-2-3-8(5-9)6-11/h2-5,14H,1H3. The van der Waals surface area contributed by atoms with E-state index in [1.165, 1.54) is 13.0 Å². The smallest absolute Gasteiger partial charge is 0.182 e. The van der Waals surface area contributed by atoms with Gasteiger partial charge in [-0.1, -0.05) is 17.3 Å². The van der Waals surface area contributed by atoms with Crippen LogP contribution in [0.5, 0.6) is 0 Å². The van der Waals surface area contributed by atoms with Gasteiger partial charge in [-0.2, -0.15) is 5.26 Å². The molecule has 4 nitrogen and oxygen atoms in total. The topological polar surface area (TPSA) is 73.4 Å². The average Bonchev–Trinajstić information content (AvgIpc) is 2.19. The fourth-order valence-corrected chi connectivity index (χ4v) is 1.07. The van der Waals surface area contributed by atoms with Crippen LogP contribution < -0.4 is 0 Å². The second-order valence-electron chi connectivity index (χ2n) is 2.70. The maximum atomic E-state index is 11.0. The van der Waals surface area contributed by atoms with Gasteiger partial charge >= 0.3 is 0 Å². The molecule has 0 aromatic heterocycles. The van der Waals surface area contributed by atoms with E-state index in [9.17, 15) is 4.79 Å². The summed E-state index contributed by atoms with van der Waals surface area (Å²) < 4.78 is 0. The van der Waals surface area contributed by atoms with Crippen LogP contribution in [0.3, 0.4) is 0 Å². The number of benzene rings is 1. The molecular weight excluding hydrogens is 180 g/mol. The summed E-state index contributed by atoms with van der Waals surface area (Å²) in [6, 6.07) is 8.28. The van der Waals surface area contributed by atoms with E-state index in [1.54, 1.807) is 18.2 Å². The normalized spacial score (nSPS) is 10.7. The maximum Gasteiger partial charge on any atom is 0.182 e. The molecule has 0 spiro atoms. The quantitative estimate of drug-likeness (QED) is 0.432. The second-order valence-corrected chi connectivity index (χ2v) is 2.70. The van der Waals surface area contributed by atoms with Gasteiger partial charge in [0.1, 0.15) is 0 Å². The van der Waals surface area contributed by atoms with Crippen LogP contribution in [-0.4, -0.2) is 16.7 Å². The Morgan fingerprint density at radius 2 is 2.29 bits per heavy atom. The minimum Gasteiger partial charge on any atom is -0.410 e. The Morgan fingerprint density at radius 1 is 1.57 bits per heavy atom. The summed E-state index contributed by atoms with van der Waals surface area (Å²) >= 11 is 0. The summed E-state index contributed by atoms with van der Waals surface area (Å²) in [6.45, 7) is 1.30. The van der Waals surface area contributed by atoms with Crippen LogP contribution in [0.25, 0.3) is 0 Å². The number of rotatable bonds is 2. The third kappa shape index (κ3) is 1.96. The lowest BCUT2D eigenvalue weighted by Crippen LogP contribution is -2.11. The molecule has 1 aromatic rings. The lowest BCUT2D eigenvalue weighted by atomic mass is 10.1. The lowest BCUT2D eigenvalue weighted by Gasteiger charge is -1.99. The summed E-state index contributed by atoms with van der Waals surface area (Å²) in [4.78, 5) is 11.0. The molecule has 14 heavy (non-hydrogen) atoms. The molecule has 0 fully saturated rings. The van der Waals surface area contributed by atoms with Gasteiger partial charge < -0.3 is 5.21 Å². The van der Waals surface area contributed by atoms with Crippen LogP contribution in [0.2, 0.25) is 0 Å². The molecule has 0 heterocycles. The van der Waals surface area contributed by atoms with Crippen molar-refractivity contribution < 1.29 is 10.0 Å². The Labute approximate surface area is 81.1 Å². The molecule has 0 saturated heterocycles. The zero-order chi connectivity index (χ0) is 10.6. The molecule has 0 unspecified atom stereocenters. The van der Waals surface area contributed by atoms with Crippen molar-refractivity contribution in [2.45, 2.75) is 6.92 Å². The predicted molar refractivity (Wildman–Crippen MR) is 50.2 cm³/mol. The molecule has 1 aromatic carbocycles. The van der Waals surface area contributed by atoms with Gasteiger partial charge in [-0.05, 0) is 12.1 Å². The average molecular weight is 188 g/mol. The minimum atomic E-state index is -0.345. The van der Waals surface area contributed by atoms with Gasteiger partial charge in [-0.3, -0.25) is 4.79 Å². The maximum absolute atomic E-state index is 11.0. The first-order chi connectivity index (χ1) is 6.69. The Kier molecular flexibility index (Phi) is 2.97. The van der Waals surface area contributed by atoms with Gasteiger partial charge in [0, 0.05) is 12.5 Å². The van der Waals surface area contributed by atoms with Crippen LogP contribution in [-0.2, 0) is 4.79 Å². The highest BCUT2D eigenvalue weighted by Gasteiger charge is 2.09. The summed E-state index contributed by atoms with van der Waals surface area (Å²) in [5, 5.41) is 20.1. The van der Waals surface area contributed by atoms with Crippen molar-refractivity contribution in [1.82, 2.24) is 0 Å². The summed E-state index contributed by atoms with van der Waals surface area (Å²) in [7, 11) is 0. The van der Waals surface area contributed by atoms with Gasteiger partial charge in [0.15, 0.2) is 11.5 Å². The number of oxime groups is 1. The van der Waals surface area contributed by atoms with Gasteiger partial charge in [-0.25, -0.2) is 0 Å². The number of nitrogens with zero attached hydrogens (tertiary/aromatic N) is 2. The Morgan fingerprint density at radius 3 is 2.79 bits per heavy atom. The molecule has 0 saturated carbocycles. The predicted octanol–water partition coefficient (Wildman–Crippen LogP) is 1.33. The molecular formula is C10H8N2O2. The summed E-state index contributed by atoms with van der Waals surface area (Å²) in [6.07, 6.45) is 0. The van der Waals surface area contributed by atoms with Crippen LogP contribution in [0.15, 0.2) is 29.4 Å². The van der Waals surface area contributed by atoms with E-state index < -0.39 is 0 Å². The molecule has 0 amide bonds. The number of Topliss-reactive ketones (excluding diaryl/α,β-unsaturated/α-hetero) is 1. The first-order valence-corrected chi connectivity index (χ1v) is 3.92. The van der Waals surface area contributed by atoms with Gasteiger partial charge in [0.05, 0.1) is 11.6 Å². The SMILES string of the molecule is CC(=O)C(=NO)c1cccc(C#N)c1. The summed E-state index contributed by atoms with van der Waals surface area (Å²) in [5.74, 6) is -0.345. The first kappa shape index (κ1) is 9.93. The molecule has 0 aliphatic heterocycles. The molecule has 0 aliphatic carbocycles. The molecule has 4 heteroatoms. The minimum absolute atomic E-state index is 0.0397. The lowest BCUT2D eigenvalue weighted by molar-refractivity contribution is -0.111. The van der Waals surface area contributed by atoms with E-state index >= 15 is 0 Å². The van der Waals surface area contributed by atoms with Crippen molar-refractivity contribution in [3.8, 4) is 6.07 Å². The number of hydrogen-bond donors (Lipinski definition) is 1. The van der Waals surface area contributed by atoms with E-state index in [-0.39, 0.29) is 11.5 Å². The van der Waals surface area contributed by atoms with Crippen molar-refractivity contribution in [3.63, 3.8) is 0 Å². The monoisotopic (exact) mass is 188 g/mol. The molecule has 0 atom stereocenters. The van der Waals surface area contributed by atoms with Crippen molar-refractivity contribution in [2.75, 3.05) is 0 Å². The molecule has 1 N–H and O–H groups in total. The second kappa shape index (κ2) is 4.19. The van der Waals surface area contributed by atoms with Crippen molar-refractivity contribution in [3.05, 3.63) is 35.4 Å². The van der Waals surface area contributed by atoms with E-state index in [0.29, 0.717) is 11.1 Å². The van der Waals surface area contributed by atoms with E-state index in [1.807, 2.05) is 6.07 Å². The van der Waals surface area contributed by atoms with E-state index in [4.69, 9.17) is 10.5 Å². The van der Waals surface area contributed by atoms with Crippen LogP contribution >= 0.6 is 0 Å². The highest BCUT2D eigenvalue weighted by molar-refractivity contribution is 6.45. The zero-order valence-electron chi connectivity index (χ0n) is 7.56. The van der Waals surface area contributed by atoms with Gasteiger partial charge in [-0.15, -0.1) is 0 Å². The Balaban J connectivity index is 3.20. The largest absolute Gasteiger partial charge is 0.410 e. The zero-order valence-corrected chi connectivity index (χ0v) is 7.56. The third-order valence-electron chi connectivity index (χ3n) is 1.70. The number of carbonyl (C=O) groups excluding carboxylic acids is 1. The van der Waals surface area contributed by atoms with Crippen LogP contribution in [0.4, 0.5) is 0 Å². The molecule has 0 radical (unpaired) electrons. The Bertz CT molecular complexity index is 430. The van der Waals surface area contributed by atoms with Crippen molar-refractivity contribution in [2.24, 2.45) is 5.16 Å². The number of hydrogen-bond acceptors (Lipinski definition) is 4. The van der Waals surface area contributed by atoms with E-state index in [0.717, 1.165) is 0 Å². The number of carbonyl (C=O) groups is 1. The van der Waals surface area contributed by atoms with E-state index in [2.05, 4.69) is 5.16 Å². The highest BCUT2D eigenvalue weighted by atomic mass is 16.4. The molecule has 0 aliphatic rings. The highest BCUT2D eigenvalue weighted by Crippen LogP contribution is 2.06. The van der Waals surface area contributed by atoms with Crippen molar-refractivity contribution >= 4 is 11.5 Å². The molecule has 0 bridgehead atoms. The first-order valence-electron chi connectivity index (χ1n) is 3.92. The fraction of sp³-hybridized carbons (Fsp3) is 0.100. The van der Waals surface area contributed by atoms with Crippen molar-refractivity contribution in [1.29, 1.82) is 5.26 Å². The third-order valence-corrected chi connectivity index (χ3v) is 1.70. The molecule has 70 valence electrons. The van der Waals surface area contributed by atoms with Gasteiger partial charge in [0.25, 0.3) is 0 Å². The Hall–Kier alpha value is -2.15. The fourth-order valence-electron chi connectivity index (χ4n) is 1.07. The number of nitriles is 1. The van der Waals surface area contributed by atoms with Crippen LogP contribution in [0.1, 0.15) is 18.1 Å². The summed E-state index contributed by atoms with van der Waals surface area (Å²) in [5.41, 5.74) is 0.825. The number of ketones is 1. The van der Waals surface area contributed by atoms with Gasteiger partial charge in [0.2, 0.25) is 0 Å².